The minimum atomic E-state index is -0.543. The van der Waals surface area contributed by atoms with Gasteiger partial charge in [-0.2, -0.15) is 0 Å². The summed E-state index contributed by atoms with van der Waals surface area (Å²) in [7, 11) is 1.60. The normalized spacial score (nSPS) is 12.6. The maximum atomic E-state index is 12.3. The summed E-state index contributed by atoms with van der Waals surface area (Å²) in [5, 5.41) is 13.7. The number of aliphatic hydroxyl groups excluding tert-OH is 1. The molecule has 0 aliphatic carbocycles. The Bertz CT molecular complexity index is 673. The number of benzene rings is 1. The fourth-order valence-electron chi connectivity index (χ4n) is 2.82. The third-order valence-electron chi connectivity index (χ3n) is 4.41. The van der Waals surface area contributed by atoms with Gasteiger partial charge in [-0.15, -0.1) is 0 Å². The molecule has 0 bridgehead atoms. The second-order valence-electron chi connectivity index (χ2n) is 5.77. The van der Waals surface area contributed by atoms with Crippen molar-refractivity contribution in [1.82, 2.24) is 5.32 Å². The van der Waals surface area contributed by atoms with Gasteiger partial charge in [-0.05, 0) is 31.0 Å². The third-order valence-corrected chi connectivity index (χ3v) is 4.41. The van der Waals surface area contributed by atoms with Gasteiger partial charge in [0.05, 0.1) is 13.2 Å². The van der Waals surface area contributed by atoms with E-state index >= 15 is 0 Å². The molecule has 0 fully saturated rings. The Balaban J connectivity index is 2.13. The molecule has 1 amide bonds. The second-order valence-corrected chi connectivity index (χ2v) is 5.77. The number of rotatable bonds is 7. The summed E-state index contributed by atoms with van der Waals surface area (Å²) in [5.41, 5.74) is 1.42. The molecule has 1 aromatic heterocycles. The largest absolute Gasteiger partial charge is 0.497 e. The fourth-order valence-corrected chi connectivity index (χ4v) is 2.82. The highest BCUT2D eigenvalue weighted by molar-refractivity contribution is 5.99. The van der Waals surface area contributed by atoms with Gasteiger partial charge in [0.1, 0.15) is 11.3 Å². The number of furan rings is 1. The van der Waals surface area contributed by atoms with Crippen LogP contribution in [0.1, 0.15) is 42.8 Å². The molecular weight excluding hydrogens is 294 g/mol. The molecule has 126 valence electrons. The highest BCUT2D eigenvalue weighted by Gasteiger charge is 2.21. The number of nitrogens with one attached hydrogen (secondary N) is 1. The van der Waals surface area contributed by atoms with Crippen LogP contribution in [0.2, 0.25) is 0 Å². The third kappa shape index (κ3) is 3.67. The van der Waals surface area contributed by atoms with Crippen molar-refractivity contribution in [3.05, 3.63) is 29.5 Å². The summed E-state index contributed by atoms with van der Waals surface area (Å²) in [6.07, 6.45) is 1.23. The van der Waals surface area contributed by atoms with Gasteiger partial charge in [-0.1, -0.05) is 26.7 Å². The van der Waals surface area contributed by atoms with Gasteiger partial charge in [0.2, 0.25) is 0 Å². The van der Waals surface area contributed by atoms with Crippen LogP contribution in [0.4, 0.5) is 0 Å². The Morgan fingerprint density at radius 3 is 2.65 bits per heavy atom. The van der Waals surface area contributed by atoms with Crippen molar-refractivity contribution < 1.29 is 19.1 Å². The summed E-state index contributed by atoms with van der Waals surface area (Å²) in [5.74, 6) is 0.890. The zero-order valence-electron chi connectivity index (χ0n) is 14.2. The molecule has 1 heterocycles. The number of amides is 1. The van der Waals surface area contributed by atoms with Crippen LogP contribution in [0.15, 0.2) is 22.6 Å². The number of fused-ring (bicyclic) bond motifs is 1. The molecule has 1 atom stereocenters. The van der Waals surface area contributed by atoms with Gasteiger partial charge in [0, 0.05) is 17.5 Å². The summed E-state index contributed by atoms with van der Waals surface area (Å²) >= 11 is 0. The average molecular weight is 319 g/mol. The number of hydrogen-bond donors (Lipinski definition) is 2. The Hall–Kier alpha value is -2.01. The molecule has 2 aromatic rings. The molecule has 0 radical (unpaired) electrons. The van der Waals surface area contributed by atoms with Gasteiger partial charge in [0.25, 0.3) is 5.91 Å². The molecular formula is C18H25NO4. The van der Waals surface area contributed by atoms with Crippen LogP contribution >= 0.6 is 0 Å². The quantitative estimate of drug-likeness (QED) is 0.821. The van der Waals surface area contributed by atoms with E-state index in [0.717, 1.165) is 29.5 Å². The lowest BCUT2D eigenvalue weighted by atomic mass is 9.96. The highest BCUT2D eigenvalue weighted by atomic mass is 16.5. The van der Waals surface area contributed by atoms with Gasteiger partial charge >= 0.3 is 0 Å². The van der Waals surface area contributed by atoms with Gasteiger partial charge in [-0.25, -0.2) is 0 Å². The van der Waals surface area contributed by atoms with E-state index in [-0.39, 0.29) is 24.1 Å². The van der Waals surface area contributed by atoms with Crippen molar-refractivity contribution in [1.29, 1.82) is 0 Å². The van der Waals surface area contributed by atoms with E-state index in [1.807, 2.05) is 26.8 Å². The first-order valence-electron chi connectivity index (χ1n) is 8.05. The molecule has 2 rings (SSSR count). The molecule has 23 heavy (non-hydrogen) atoms. The van der Waals surface area contributed by atoms with Crippen molar-refractivity contribution >= 4 is 16.9 Å². The van der Waals surface area contributed by atoms with Crippen molar-refractivity contribution in [3.8, 4) is 5.75 Å². The first-order chi connectivity index (χ1) is 11.0. The number of ether oxygens (including phenoxy) is 1. The maximum Gasteiger partial charge on any atom is 0.287 e. The van der Waals surface area contributed by atoms with Crippen LogP contribution in [0, 0.1) is 12.8 Å². The van der Waals surface area contributed by atoms with Crippen molar-refractivity contribution in [3.63, 3.8) is 0 Å². The van der Waals surface area contributed by atoms with Crippen LogP contribution in [0.5, 0.6) is 5.75 Å². The van der Waals surface area contributed by atoms with E-state index in [1.165, 1.54) is 0 Å². The van der Waals surface area contributed by atoms with Crippen LogP contribution in [0.3, 0.4) is 0 Å². The maximum absolute atomic E-state index is 12.3. The second kappa shape index (κ2) is 7.51. The minimum absolute atomic E-state index is 0.191. The van der Waals surface area contributed by atoms with Crippen molar-refractivity contribution in [2.45, 2.75) is 39.7 Å². The van der Waals surface area contributed by atoms with Gasteiger partial charge in [0.15, 0.2) is 5.76 Å². The van der Waals surface area contributed by atoms with E-state index < -0.39 is 6.10 Å². The molecule has 5 nitrogen and oxygen atoms in total. The number of carbonyl (C=O) groups is 1. The fraction of sp³-hybridized carbons (Fsp3) is 0.500. The van der Waals surface area contributed by atoms with E-state index in [4.69, 9.17) is 9.15 Å². The van der Waals surface area contributed by atoms with E-state index in [2.05, 4.69) is 5.32 Å². The topological polar surface area (TPSA) is 71.7 Å². The summed E-state index contributed by atoms with van der Waals surface area (Å²) in [4.78, 5) is 12.3. The molecule has 0 saturated carbocycles. The number of carbonyl (C=O) groups excluding carboxylic acids is 1. The summed E-state index contributed by atoms with van der Waals surface area (Å²) < 4.78 is 10.9. The SMILES string of the molecule is CCC(CC)C(O)CNC(=O)c1oc2ccc(OC)cc2c1C. The lowest BCUT2D eigenvalue weighted by molar-refractivity contribution is 0.0797. The van der Waals surface area contributed by atoms with Crippen LogP contribution in [-0.2, 0) is 0 Å². The molecule has 0 saturated heterocycles. The summed E-state index contributed by atoms with van der Waals surface area (Å²) in [6.45, 7) is 6.15. The molecule has 0 spiro atoms. The number of aliphatic hydroxyl groups is 1. The Morgan fingerprint density at radius 1 is 1.35 bits per heavy atom. The van der Waals surface area contributed by atoms with Crippen molar-refractivity contribution in [2.24, 2.45) is 5.92 Å². The Labute approximate surface area is 136 Å². The molecule has 2 N–H and O–H groups in total. The molecule has 1 aromatic carbocycles. The predicted molar refractivity (Wildman–Crippen MR) is 89.9 cm³/mol. The Kier molecular flexibility index (Phi) is 5.66. The van der Waals surface area contributed by atoms with Crippen LogP contribution < -0.4 is 10.1 Å². The zero-order chi connectivity index (χ0) is 17.0. The first kappa shape index (κ1) is 17.3. The molecule has 0 aliphatic rings. The molecule has 5 heteroatoms. The van der Waals surface area contributed by atoms with E-state index in [1.54, 1.807) is 19.2 Å². The monoisotopic (exact) mass is 319 g/mol. The number of aryl methyl sites for hydroxylation is 1. The number of methoxy groups -OCH3 is 1. The summed E-state index contributed by atoms with van der Waals surface area (Å²) in [6, 6.07) is 5.44. The molecule has 0 aliphatic heterocycles. The Morgan fingerprint density at radius 2 is 2.04 bits per heavy atom. The van der Waals surface area contributed by atoms with Gasteiger partial charge < -0.3 is 19.6 Å². The average Bonchev–Trinajstić information content (AvgIpc) is 2.90. The van der Waals surface area contributed by atoms with Gasteiger partial charge in [-0.3, -0.25) is 4.79 Å². The van der Waals surface area contributed by atoms with Crippen LogP contribution in [0.25, 0.3) is 11.0 Å². The standard InChI is InChI=1S/C18H25NO4/c1-5-12(6-2)15(20)10-19-18(21)17-11(3)14-9-13(22-4)7-8-16(14)23-17/h7-9,12,15,20H,5-6,10H2,1-4H3,(H,19,21). The highest BCUT2D eigenvalue weighted by Crippen LogP contribution is 2.28. The minimum Gasteiger partial charge on any atom is -0.497 e. The lowest BCUT2D eigenvalue weighted by Gasteiger charge is -2.20. The van der Waals surface area contributed by atoms with E-state index in [0.29, 0.717) is 5.58 Å². The number of hydrogen-bond acceptors (Lipinski definition) is 4. The smallest absolute Gasteiger partial charge is 0.287 e. The predicted octanol–water partition coefficient (Wildman–Crippen LogP) is 3.28. The lowest BCUT2D eigenvalue weighted by Crippen LogP contribution is -2.36. The van der Waals surface area contributed by atoms with Crippen molar-refractivity contribution in [2.75, 3.05) is 13.7 Å². The first-order valence-corrected chi connectivity index (χ1v) is 8.05. The molecule has 1 unspecified atom stereocenters. The van der Waals surface area contributed by atoms with Crippen LogP contribution in [-0.4, -0.2) is 30.8 Å². The zero-order valence-corrected chi connectivity index (χ0v) is 14.2. The van der Waals surface area contributed by atoms with E-state index in [9.17, 15) is 9.90 Å².